The van der Waals surface area contributed by atoms with E-state index in [0.29, 0.717) is 31.0 Å². The molecule has 0 bridgehead atoms. The number of ether oxygens (including phenoxy) is 2. The SMILES string of the molecule is CC1c2cc3c(cc2C2(CCCC2)CN1C(=O)Nc1ccc(C(=O)N(C)C)cc1)OCCO3. The summed E-state index contributed by atoms with van der Waals surface area (Å²) in [6, 6.07) is 11.1. The highest BCUT2D eigenvalue weighted by atomic mass is 16.6. The molecule has 3 amide bonds. The lowest BCUT2D eigenvalue weighted by molar-refractivity contribution is 0.0827. The quantitative estimate of drug-likeness (QED) is 0.729. The number of hydrogen-bond acceptors (Lipinski definition) is 4. The Balaban J connectivity index is 1.42. The van der Waals surface area contributed by atoms with Crippen molar-refractivity contribution in [3.05, 3.63) is 53.1 Å². The van der Waals surface area contributed by atoms with Crippen LogP contribution in [-0.2, 0) is 5.41 Å². The molecule has 2 aliphatic heterocycles. The maximum atomic E-state index is 13.4. The number of nitrogens with one attached hydrogen (secondary N) is 1. The minimum Gasteiger partial charge on any atom is -0.486 e. The second-order valence-corrected chi connectivity index (χ2v) is 9.58. The molecule has 1 fully saturated rings. The van der Waals surface area contributed by atoms with Crippen molar-refractivity contribution in [2.45, 2.75) is 44.1 Å². The molecule has 3 aliphatic rings. The van der Waals surface area contributed by atoms with Crippen LogP contribution in [0.3, 0.4) is 0 Å². The van der Waals surface area contributed by atoms with Crippen LogP contribution in [0.15, 0.2) is 36.4 Å². The van der Waals surface area contributed by atoms with Gasteiger partial charge in [0.05, 0.1) is 6.04 Å². The highest BCUT2D eigenvalue weighted by Crippen LogP contribution is 2.52. The molecule has 7 heteroatoms. The molecule has 0 radical (unpaired) electrons. The monoisotopic (exact) mass is 449 g/mol. The second-order valence-electron chi connectivity index (χ2n) is 9.58. The minimum atomic E-state index is -0.124. The van der Waals surface area contributed by atoms with Gasteiger partial charge in [-0.05, 0) is 67.3 Å². The van der Waals surface area contributed by atoms with E-state index < -0.39 is 0 Å². The van der Waals surface area contributed by atoms with Crippen LogP contribution >= 0.6 is 0 Å². The summed E-state index contributed by atoms with van der Waals surface area (Å²) in [6.07, 6.45) is 4.47. The predicted molar refractivity (Wildman–Crippen MR) is 126 cm³/mol. The Bertz CT molecular complexity index is 1070. The molecule has 2 aromatic rings. The molecule has 174 valence electrons. The third kappa shape index (κ3) is 3.79. The van der Waals surface area contributed by atoms with E-state index in [4.69, 9.17) is 9.47 Å². The molecule has 1 atom stereocenters. The van der Waals surface area contributed by atoms with E-state index in [1.54, 1.807) is 38.4 Å². The number of rotatable bonds is 2. The average Bonchev–Trinajstić information content (AvgIpc) is 3.30. The molecule has 2 heterocycles. The number of nitrogens with zero attached hydrogens (tertiary/aromatic N) is 2. The zero-order valence-electron chi connectivity index (χ0n) is 19.5. The zero-order valence-corrected chi connectivity index (χ0v) is 19.5. The summed E-state index contributed by atoms with van der Waals surface area (Å²) >= 11 is 0. The maximum absolute atomic E-state index is 13.4. The van der Waals surface area contributed by atoms with Crippen molar-refractivity contribution in [3.8, 4) is 11.5 Å². The van der Waals surface area contributed by atoms with Crippen LogP contribution in [0.1, 0.15) is 60.1 Å². The first-order valence-electron chi connectivity index (χ1n) is 11.7. The van der Waals surface area contributed by atoms with Crippen molar-refractivity contribution in [2.24, 2.45) is 0 Å². The first-order valence-corrected chi connectivity index (χ1v) is 11.7. The van der Waals surface area contributed by atoms with E-state index in [1.165, 1.54) is 23.3 Å². The lowest BCUT2D eigenvalue weighted by Crippen LogP contribution is -2.50. The van der Waals surface area contributed by atoms with Crippen molar-refractivity contribution < 1.29 is 19.1 Å². The Hall–Kier alpha value is -3.22. The van der Waals surface area contributed by atoms with E-state index >= 15 is 0 Å². The number of urea groups is 1. The molecule has 1 saturated carbocycles. The molecule has 0 saturated heterocycles. The van der Waals surface area contributed by atoms with Crippen LogP contribution in [0.2, 0.25) is 0 Å². The summed E-state index contributed by atoms with van der Waals surface area (Å²) in [4.78, 5) is 29.1. The molecule has 2 aromatic carbocycles. The second kappa shape index (κ2) is 8.28. The summed E-state index contributed by atoms with van der Waals surface area (Å²) < 4.78 is 11.7. The first-order chi connectivity index (χ1) is 15.9. The molecular weight excluding hydrogens is 418 g/mol. The Morgan fingerprint density at radius 2 is 1.67 bits per heavy atom. The fraction of sp³-hybridized carbons (Fsp3) is 0.462. The van der Waals surface area contributed by atoms with Gasteiger partial charge in [0, 0.05) is 37.3 Å². The first kappa shape index (κ1) is 21.6. The van der Waals surface area contributed by atoms with E-state index in [2.05, 4.69) is 24.4 Å². The summed E-state index contributed by atoms with van der Waals surface area (Å²) in [5.41, 5.74) is 3.68. The van der Waals surface area contributed by atoms with Crippen molar-refractivity contribution >= 4 is 17.6 Å². The van der Waals surface area contributed by atoms with Crippen molar-refractivity contribution in [2.75, 3.05) is 39.2 Å². The smallest absolute Gasteiger partial charge is 0.322 e. The lowest BCUT2D eigenvalue weighted by atomic mass is 9.71. The van der Waals surface area contributed by atoms with E-state index in [0.717, 1.165) is 29.9 Å². The Morgan fingerprint density at radius 3 is 2.30 bits per heavy atom. The number of amides is 3. The molecule has 5 rings (SSSR count). The van der Waals surface area contributed by atoms with E-state index in [9.17, 15) is 9.59 Å². The molecule has 1 N–H and O–H groups in total. The molecule has 7 nitrogen and oxygen atoms in total. The third-order valence-electron chi connectivity index (χ3n) is 7.29. The fourth-order valence-corrected chi connectivity index (χ4v) is 5.50. The summed E-state index contributed by atoms with van der Waals surface area (Å²) in [7, 11) is 3.45. The number of fused-ring (bicyclic) bond motifs is 3. The van der Waals surface area contributed by atoms with E-state index in [1.807, 2.05) is 4.90 Å². The van der Waals surface area contributed by atoms with Crippen LogP contribution in [0.25, 0.3) is 0 Å². The topological polar surface area (TPSA) is 71.1 Å². The van der Waals surface area contributed by atoms with Crippen LogP contribution < -0.4 is 14.8 Å². The predicted octanol–water partition coefficient (Wildman–Crippen LogP) is 4.58. The van der Waals surface area contributed by atoms with Gasteiger partial charge in [-0.1, -0.05) is 12.8 Å². The van der Waals surface area contributed by atoms with Gasteiger partial charge in [-0.25, -0.2) is 4.79 Å². The van der Waals surface area contributed by atoms with Crippen molar-refractivity contribution in [1.29, 1.82) is 0 Å². The maximum Gasteiger partial charge on any atom is 0.322 e. The fourth-order valence-electron chi connectivity index (χ4n) is 5.50. The number of carbonyl (C=O) groups is 2. The summed E-state index contributed by atoms with van der Waals surface area (Å²) in [6.45, 7) is 3.88. The Labute approximate surface area is 194 Å². The van der Waals surface area contributed by atoms with Crippen molar-refractivity contribution in [1.82, 2.24) is 9.80 Å². The molecule has 1 unspecified atom stereocenters. The lowest BCUT2D eigenvalue weighted by Gasteiger charge is -2.46. The highest BCUT2D eigenvalue weighted by molar-refractivity contribution is 5.95. The van der Waals surface area contributed by atoms with Gasteiger partial charge >= 0.3 is 6.03 Å². The van der Waals surface area contributed by atoms with Gasteiger partial charge in [-0.2, -0.15) is 0 Å². The molecule has 1 aliphatic carbocycles. The molecular formula is C26H31N3O4. The van der Waals surface area contributed by atoms with Gasteiger partial charge < -0.3 is 24.6 Å². The van der Waals surface area contributed by atoms with E-state index in [-0.39, 0.29) is 23.4 Å². The normalized spacial score (nSPS) is 20.3. The van der Waals surface area contributed by atoms with Gasteiger partial charge in [0.2, 0.25) is 0 Å². The minimum absolute atomic E-state index is 0.0446. The van der Waals surface area contributed by atoms with Gasteiger partial charge in [0.1, 0.15) is 13.2 Å². The van der Waals surface area contributed by atoms with Gasteiger partial charge in [-0.15, -0.1) is 0 Å². The Kier molecular flexibility index (Phi) is 5.43. The van der Waals surface area contributed by atoms with Crippen molar-refractivity contribution in [3.63, 3.8) is 0 Å². The zero-order chi connectivity index (χ0) is 23.2. The third-order valence-corrected chi connectivity index (χ3v) is 7.29. The molecule has 33 heavy (non-hydrogen) atoms. The standard InChI is InChI=1S/C26H31N3O4/c1-17-20-14-22-23(33-13-12-32-22)15-21(20)26(10-4-5-11-26)16-29(17)25(31)27-19-8-6-18(7-9-19)24(30)28(2)3/h6-9,14-15,17H,4-5,10-13,16H2,1-3H3,(H,27,31). The molecule has 0 aromatic heterocycles. The largest absolute Gasteiger partial charge is 0.486 e. The number of anilines is 1. The summed E-state index contributed by atoms with van der Waals surface area (Å²) in [5.74, 6) is 1.53. The van der Waals surface area contributed by atoms with Gasteiger partial charge in [0.15, 0.2) is 11.5 Å². The van der Waals surface area contributed by atoms with Crippen LogP contribution in [-0.4, -0.2) is 55.6 Å². The van der Waals surface area contributed by atoms with Crippen LogP contribution in [0, 0.1) is 0 Å². The molecule has 1 spiro atoms. The number of hydrogen-bond donors (Lipinski definition) is 1. The van der Waals surface area contributed by atoms with Gasteiger partial charge in [0.25, 0.3) is 5.91 Å². The summed E-state index contributed by atoms with van der Waals surface area (Å²) in [5, 5.41) is 3.04. The van der Waals surface area contributed by atoms with Crippen LogP contribution in [0.5, 0.6) is 11.5 Å². The highest BCUT2D eigenvalue weighted by Gasteiger charge is 2.46. The average molecular weight is 450 g/mol. The number of carbonyl (C=O) groups excluding carboxylic acids is 2. The van der Waals surface area contributed by atoms with Crippen LogP contribution in [0.4, 0.5) is 10.5 Å². The van der Waals surface area contributed by atoms with Gasteiger partial charge in [-0.3, -0.25) is 4.79 Å². The Morgan fingerprint density at radius 1 is 1.03 bits per heavy atom. The number of benzene rings is 2.